The summed E-state index contributed by atoms with van der Waals surface area (Å²) in [5.74, 6) is 0.587. The van der Waals surface area contributed by atoms with Crippen LogP contribution in [-0.2, 0) is 11.3 Å². The van der Waals surface area contributed by atoms with E-state index in [-0.39, 0.29) is 11.9 Å². The van der Waals surface area contributed by atoms with Crippen LogP contribution >= 0.6 is 0 Å². The molecule has 1 atom stereocenters. The Labute approximate surface area is 139 Å². The molecule has 3 nitrogen and oxygen atoms in total. The minimum atomic E-state index is 0.0337. The van der Waals surface area contributed by atoms with Crippen LogP contribution in [0.3, 0.4) is 0 Å². The molecule has 23 heavy (non-hydrogen) atoms. The van der Waals surface area contributed by atoms with Gasteiger partial charge in [-0.15, -0.1) is 0 Å². The summed E-state index contributed by atoms with van der Waals surface area (Å²) >= 11 is 0. The molecule has 0 aliphatic heterocycles. The quantitative estimate of drug-likeness (QED) is 0.800. The Morgan fingerprint density at radius 3 is 2.22 bits per heavy atom. The number of para-hydroxylation sites is 1. The van der Waals surface area contributed by atoms with E-state index in [1.54, 1.807) is 0 Å². The molecule has 122 valence electrons. The van der Waals surface area contributed by atoms with E-state index in [0.29, 0.717) is 12.3 Å². The summed E-state index contributed by atoms with van der Waals surface area (Å²) in [6.45, 7) is 7.20. The first-order valence-electron chi connectivity index (χ1n) is 8.21. The molecule has 1 amide bonds. The number of rotatable bonds is 7. The Morgan fingerprint density at radius 2 is 1.61 bits per heavy atom. The predicted octanol–water partition coefficient (Wildman–Crippen LogP) is 4.32. The van der Waals surface area contributed by atoms with Gasteiger partial charge in [0, 0.05) is 24.7 Å². The second-order valence-corrected chi connectivity index (χ2v) is 6.30. The van der Waals surface area contributed by atoms with Crippen molar-refractivity contribution in [1.29, 1.82) is 0 Å². The van der Waals surface area contributed by atoms with Crippen molar-refractivity contribution in [2.45, 2.75) is 45.7 Å². The van der Waals surface area contributed by atoms with Gasteiger partial charge in [0.2, 0.25) is 5.91 Å². The van der Waals surface area contributed by atoms with Gasteiger partial charge in [-0.05, 0) is 36.1 Å². The van der Waals surface area contributed by atoms with Gasteiger partial charge in [0.1, 0.15) is 0 Å². The van der Waals surface area contributed by atoms with E-state index in [1.807, 2.05) is 37.3 Å². The van der Waals surface area contributed by atoms with Crippen molar-refractivity contribution in [2.24, 2.45) is 0 Å². The molecular formula is C20H26N2O. The van der Waals surface area contributed by atoms with Crippen molar-refractivity contribution in [1.82, 2.24) is 5.32 Å². The third-order valence-corrected chi connectivity index (χ3v) is 3.85. The van der Waals surface area contributed by atoms with Crippen LogP contribution in [0.2, 0.25) is 0 Å². The molecule has 0 unspecified atom stereocenters. The van der Waals surface area contributed by atoms with E-state index in [0.717, 1.165) is 12.2 Å². The lowest BCUT2D eigenvalue weighted by molar-refractivity contribution is -0.116. The molecule has 0 aromatic heterocycles. The highest BCUT2D eigenvalue weighted by Gasteiger charge is 2.09. The highest BCUT2D eigenvalue weighted by molar-refractivity contribution is 5.90. The van der Waals surface area contributed by atoms with Crippen molar-refractivity contribution >= 4 is 11.6 Å². The van der Waals surface area contributed by atoms with Crippen LogP contribution in [-0.4, -0.2) is 11.9 Å². The van der Waals surface area contributed by atoms with Crippen LogP contribution in [0.25, 0.3) is 0 Å². The standard InChI is InChI=1S/C20H26N2O/c1-15(2)18-11-9-17(10-12-18)14-21-16(3)13-20(23)22-19-7-5-4-6-8-19/h4-12,15-16,21H,13-14H2,1-3H3,(H,22,23)/t16-/m1/s1. The lowest BCUT2D eigenvalue weighted by atomic mass is 10.0. The van der Waals surface area contributed by atoms with E-state index >= 15 is 0 Å². The summed E-state index contributed by atoms with van der Waals surface area (Å²) in [6, 6.07) is 18.3. The summed E-state index contributed by atoms with van der Waals surface area (Å²) in [5, 5.41) is 6.32. The van der Waals surface area contributed by atoms with Gasteiger partial charge in [-0.3, -0.25) is 4.79 Å². The van der Waals surface area contributed by atoms with Crippen molar-refractivity contribution in [2.75, 3.05) is 5.32 Å². The zero-order valence-electron chi connectivity index (χ0n) is 14.2. The number of carbonyl (C=O) groups is 1. The molecule has 2 rings (SSSR count). The number of hydrogen-bond donors (Lipinski definition) is 2. The Morgan fingerprint density at radius 1 is 0.957 bits per heavy atom. The van der Waals surface area contributed by atoms with Crippen LogP contribution in [0.4, 0.5) is 5.69 Å². The van der Waals surface area contributed by atoms with Crippen molar-refractivity contribution < 1.29 is 4.79 Å². The van der Waals surface area contributed by atoms with Crippen molar-refractivity contribution in [3.63, 3.8) is 0 Å². The lowest BCUT2D eigenvalue weighted by Crippen LogP contribution is -2.30. The molecule has 0 radical (unpaired) electrons. The molecule has 0 aliphatic rings. The predicted molar refractivity (Wildman–Crippen MR) is 96.5 cm³/mol. The zero-order chi connectivity index (χ0) is 16.7. The SMILES string of the molecule is CC(C)c1ccc(CN[C@H](C)CC(=O)Nc2ccccc2)cc1. The smallest absolute Gasteiger partial charge is 0.225 e. The fourth-order valence-corrected chi connectivity index (χ4v) is 2.40. The van der Waals surface area contributed by atoms with Gasteiger partial charge in [-0.1, -0.05) is 56.3 Å². The van der Waals surface area contributed by atoms with Gasteiger partial charge in [-0.2, -0.15) is 0 Å². The topological polar surface area (TPSA) is 41.1 Å². The first-order valence-corrected chi connectivity index (χ1v) is 8.21. The maximum Gasteiger partial charge on any atom is 0.225 e. The summed E-state index contributed by atoms with van der Waals surface area (Å²) in [4.78, 5) is 12.0. The molecule has 0 heterocycles. The monoisotopic (exact) mass is 310 g/mol. The highest BCUT2D eigenvalue weighted by atomic mass is 16.1. The zero-order valence-corrected chi connectivity index (χ0v) is 14.2. The van der Waals surface area contributed by atoms with Crippen LogP contribution in [0.1, 0.15) is 44.2 Å². The summed E-state index contributed by atoms with van der Waals surface area (Å²) in [6.07, 6.45) is 0.457. The summed E-state index contributed by atoms with van der Waals surface area (Å²) in [7, 11) is 0. The van der Waals surface area contributed by atoms with Crippen LogP contribution < -0.4 is 10.6 Å². The summed E-state index contributed by atoms with van der Waals surface area (Å²) < 4.78 is 0. The van der Waals surface area contributed by atoms with E-state index < -0.39 is 0 Å². The first kappa shape index (κ1) is 17.2. The second kappa shape index (κ2) is 8.49. The Kier molecular flexibility index (Phi) is 6.36. The molecule has 0 aliphatic carbocycles. The third kappa shape index (κ3) is 5.87. The van der Waals surface area contributed by atoms with Gasteiger partial charge in [0.15, 0.2) is 0 Å². The molecule has 0 bridgehead atoms. The fraction of sp³-hybridized carbons (Fsp3) is 0.350. The van der Waals surface area contributed by atoms with Crippen LogP contribution in [0.5, 0.6) is 0 Å². The number of benzene rings is 2. The molecule has 2 aromatic rings. The van der Waals surface area contributed by atoms with Gasteiger partial charge >= 0.3 is 0 Å². The number of nitrogens with one attached hydrogen (secondary N) is 2. The Balaban J connectivity index is 1.76. The molecule has 2 N–H and O–H groups in total. The molecule has 0 spiro atoms. The van der Waals surface area contributed by atoms with Crippen molar-refractivity contribution in [3.8, 4) is 0 Å². The molecule has 3 heteroatoms. The van der Waals surface area contributed by atoms with E-state index in [1.165, 1.54) is 11.1 Å². The van der Waals surface area contributed by atoms with Gasteiger partial charge in [0.05, 0.1) is 0 Å². The number of amides is 1. The Hall–Kier alpha value is -2.13. The number of anilines is 1. The van der Waals surface area contributed by atoms with Gasteiger partial charge in [-0.25, -0.2) is 0 Å². The second-order valence-electron chi connectivity index (χ2n) is 6.30. The largest absolute Gasteiger partial charge is 0.326 e. The summed E-state index contributed by atoms with van der Waals surface area (Å²) in [5.41, 5.74) is 3.43. The van der Waals surface area contributed by atoms with Crippen LogP contribution in [0.15, 0.2) is 54.6 Å². The van der Waals surface area contributed by atoms with E-state index in [4.69, 9.17) is 0 Å². The normalized spacial score (nSPS) is 12.2. The van der Waals surface area contributed by atoms with E-state index in [9.17, 15) is 4.79 Å². The van der Waals surface area contributed by atoms with Gasteiger partial charge < -0.3 is 10.6 Å². The lowest BCUT2D eigenvalue weighted by Gasteiger charge is -2.14. The third-order valence-electron chi connectivity index (χ3n) is 3.85. The maximum absolute atomic E-state index is 12.0. The average Bonchev–Trinajstić information content (AvgIpc) is 2.54. The number of hydrogen-bond acceptors (Lipinski definition) is 2. The Bertz CT molecular complexity index is 605. The average molecular weight is 310 g/mol. The molecular weight excluding hydrogens is 284 g/mol. The molecule has 2 aromatic carbocycles. The number of carbonyl (C=O) groups excluding carboxylic acids is 1. The molecule has 0 saturated carbocycles. The van der Waals surface area contributed by atoms with Crippen LogP contribution in [0, 0.1) is 0 Å². The maximum atomic E-state index is 12.0. The van der Waals surface area contributed by atoms with Gasteiger partial charge in [0.25, 0.3) is 0 Å². The minimum Gasteiger partial charge on any atom is -0.326 e. The highest BCUT2D eigenvalue weighted by Crippen LogP contribution is 2.14. The van der Waals surface area contributed by atoms with Crippen molar-refractivity contribution in [3.05, 3.63) is 65.7 Å². The minimum absolute atomic E-state index is 0.0337. The first-order chi connectivity index (χ1) is 11.0. The van der Waals surface area contributed by atoms with E-state index in [2.05, 4.69) is 48.7 Å². The molecule has 0 saturated heterocycles. The fourth-order valence-electron chi connectivity index (χ4n) is 2.40. The molecule has 0 fully saturated rings.